The molecule has 6 heteroatoms. The fraction of sp³-hybridized carbons (Fsp3) is 0.417. The van der Waals surface area contributed by atoms with Gasteiger partial charge in [0.1, 0.15) is 11.9 Å². The number of carbonyl (C=O) groups is 1. The maximum Gasteiger partial charge on any atom is 0.322 e. The summed E-state index contributed by atoms with van der Waals surface area (Å²) in [7, 11) is 1.31. The number of rotatable bonds is 6. The number of carbonyl (C=O) groups excluding carboxylic acids is 1. The minimum absolute atomic E-state index is 0.155. The van der Waals surface area contributed by atoms with Crippen molar-refractivity contribution in [1.82, 2.24) is 0 Å². The van der Waals surface area contributed by atoms with Crippen LogP contribution in [0.5, 0.6) is 0 Å². The summed E-state index contributed by atoms with van der Waals surface area (Å²) >= 11 is 7.37. The van der Waals surface area contributed by atoms with Gasteiger partial charge in [0.15, 0.2) is 0 Å². The fourth-order valence-electron chi connectivity index (χ4n) is 1.32. The van der Waals surface area contributed by atoms with Crippen LogP contribution in [0.15, 0.2) is 18.2 Å². The molecule has 0 aliphatic rings. The molecule has 1 unspecified atom stereocenters. The third-order valence-corrected chi connectivity index (χ3v) is 3.83. The summed E-state index contributed by atoms with van der Waals surface area (Å²) in [5, 5.41) is 0.155. The molecule has 1 atom stereocenters. The number of methoxy groups -OCH3 is 1. The van der Waals surface area contributed by atoms with E-state index in [9.17, 15) is 9.18 Å². The highest BCUT2D eigenvalue weighted by Crippen LogP contribution is 2.24. The van der Waals surface area contributed by atoms with Gasteiger partial charge < -0.3 is 10.5 Å². The van der Waals surface area contributed by atoms with Crippen molar-refractivity contribution in [3.8, 4) is 0 Å². The number of halogens is 2. The van der Waals surface area contributed by atoms with Crippen molar-refractivity contribution in [3.63, 3.8) is 0 Å². The molecule has 0 aliphatic carbocycles. The zero-order valence-corrected chi connectivity index (χ0v) is 11.6. The molecule has 0 amide bonds. The summed E-state index contributed by atoms with van der Waals surface area (Å²) in [6.45, 7) is 0. The maximum atomic E-state index is 13.1. The Morgan fingerprint density at radius 3 is 3.00 bits per heavy atom. The molecule has 1 rings (SSSR count). The Bertz CT molecular complexity index is 417. The monoisotopic (exact) mass is 291 g/mol. The minimum Gasteiger partial charge on any atom is -0.468 e. The van der Waals surface area contributed by atoms with Crippen LogP contribution in [0.1, 0.15) is 12.0 Å². The van der Waals surface area contributed by atoms with E-state index in [2.05, 4.69) is 4.74 Å². The second-order valence-electron chi connectivity index (χ2n) is 3.68. The van der Waals surface area contributed by atoms with E-state index < -0.39 is 17.8 Å². The first-order valence-corrected chi connectivity index (χ1v) is 6.93. The highest BCUT2D eigenvalue weighted by Gasteiger charge is 2.13. The standard InChI is InChI=1S/C12H15ClFNO2S/c1-17-12(16)10(15)5-6-18-7-8-3-2-4-9(14)11(8)13/h2-4,10H,5-7,15H2,1H3. The van der Waals surface area contributed by atoms with E-state index >= 15 is 0 Å². The predicted octanol–water partition coefficient (Wildman–Crippen LogP) is 2.60. The first-order chi connectivity index (χ1) is 8.56. The molecule has 3 nitrogen and oxygen atoms in total. The van der Waals surface area contributed by atoms with E-state index in [1.165, 1.54) is 13.2 Å². The van der Waals surface area contributed by atoms with Crippen LogP contribution in [0, 0.1) is 5.82 Å². The van der Waals surface area contributed by atoms with Gasteiger partial charge in [-0.05, 0) is 23.8 Å². The number of benzene rings is 1. The third-order valence-electron chi connectivity index (χ3n) is 2.37. The van der Waals surface area contributed by atoms with E-state index in [1.807, 2.05) is 0 Å². The van der Waals surface area contributed by atoms with Crippen LogP contribution in [-0.2, 0) is 15.3 Å². The first kappa shape index (κ1) is 15.3. The SMILES string of the molecule is COC(=O)C(N)CCSCc1cccc(F)c1Cl. The smallest absolute Gasteiger partial charge is 0.322 e. The Balaban J connectivity index is 2.34. The molecule has 2 N–H and O–H groups in total. The molecule has 100 valence electrons. The Morgan fingerprint density at radius 2 is 2.33 bits per heavy atom. The lowest BCUT2D eigenvalue weighted by atomic mass is 10.2. The van der Waals surface area contributed by atoms with Crippen LogP contribution in [0.2, 0.25) is 5.02 Å². The molecular formula is C12H15ClFNO2S. The van der Waals surface area contributed by atoms with Gasteiger partial charge in [0.2, 0.25) is 0 Å². The summed E-state index contributed by atoms with van der Waals surface area (Å²) in [6, 6.07) is 4.12. The molecule has 0 aromatic heterocycles. The number of nitrogens with two attached hydrogens (primary N) is 1. The van der Waals surface area contributed by atoms with E-state index in [0.29, 0.717) is 17.9 Å². The summed E-state index contributed by atoms with van der Waals surface area (Å²) in [5.74, 6) is 0.438. The van der Waals surface area contributed by atoms with Crippen LogP contribution >= 0.6 is 23.4 Å². The van der Waals surface area contributed by atoms with Gasteiger partial charge in [-0.3, -0.25) is 4.79 Å². The molecule has 0 spiro atoms. The molecule has 0 saturated carbocycles. The lowest BCUT2D eigenvalue weighted by Crippen LogP contribution is -2.31. The molecule has 0 saturated heterocycles. The van der Waals surface area contributed by atoms with Gasteiger partial charge >= 0.3 is 5.97 Å². The largest absolute Gasteiger partial charge is 0.468 e. The summed E-state index contributed by atoms with van der Waals surface area (Å²) in [6.07, 6.45) is 0.518. The Labute approximate surface area is 115 Å². The molecule has 0 fully saturated rings. The molecule has 18 heavy (non-hydrogen) atoms. The van der Waals surface area contributed by atoms with E-state index in [-0.39, 0.29) is 5.02 Å². The number of esters is 1. The third kappa shape index (κ3) is 4.48. The van der Waals surface area contributed by atoms with Crippen LogP contribution in [0.4, 0.5) is 4.39 Å². The van der Waals surface area contributed by atoms with Crippen molar-refractivity contribution in [1.29, 1.82) is 0 Å². The maximum absolute atomic E-state index is 13.1. The van der Waals surface area contributed by atoms with Gasteiger partial charge in [-0.2, -0.15) is 11.8 Å². The zero-order chi connectivity index (χ0) is 13.5. The van der Waals surface area contributed by atoms with Crippen molar-refractivity contribution < 1.29 is 13.9 Å². The van der Waals surface area contributed by atoms with E-state index in [0.717, 1.165) is 5.56 Å². The summed E-state index contributed by atoms with van der Waals surface area (Å²) < 4.78 is 17.7. The van der Waals surface area contributed by atoms with Crippen LogP contribution < -0.4 is 5.73 Å². The molecule has 0 heterocycles. The summed E-state index contributed by atoms with van der Waals surface area (Å²) in [5.41, 5.74) is 6.33. The highest BCUT2D eigenvalue weighted by molar-refractivity contribution is 7.98. The topological polar surface area (TPSA) is 52.3 Å². The molecular weight excluding hydrogens is 277 g/mol. The molecule has 0 radical (unpaired) electrons. The van der Waals surface area contributed by atoms with Gasteiger partial charge in [0, 0.05) is 5.75 Å². The van der Waals surface area contributed by atoms with Crippen LogP contribution in [0.3, 0.4) is 0 Å². The fourth-order valence-corrected chi connectivity index (χ4v) is 2.62. The van der Waals surface area contributed by atoms with Crippen LogP contribution in [-0.4, -0.2) is 24.9 Å². The molecule has 0 aliphatic heterocycles. The number of hydrogen-bond acceptors (Lipinski definition) is 4. The Kier molecular flexibility index (Phi) is 6.46. The van der Waals surface area contributed by atoms with E-state index in [1.54, 1.807) is 23.9 Å². The van der Waals surface area contributed by atoms with Gasteiger partial charge in [-0.25, -0.2) is 4.39 Å². The minimum atomic E-state index is -0.606. The van der Waals surface area contributed by atoms with Gasteiger partial charge in [-0.15, -0.1) is 0 Å². The van der Waals surface area contributed by atoms with Gasteiger partial charge in [-0.1, -0.05) is 23.7 Å². The van der Waals surface area contributed by atoms with Crippen molar-refractivity contribution in [3.05, 3.63) is 34.6 Å². The molecule has 0 bridgehead atoms. The zero-order valence-electron chi connectivity index (χ0n) is 9.99. The normalized spacial score (nSPS) is 12.2. The summed E-state index contributed by atoms with van der Waals surface area (Å²) in [4.78, 5) is 11.0. The lowest BCUT2D eigenvalue weighted by molar-refractivity contribution is -0.142. The average Bonchev–Trinajstić information content (AvgIpc) is 2.38. The van der Waals surface area contributed by atoms with Gasteiger partial charge in [0.25, 0.3) is 0 Å². The molecule has 1 aromatic rings. The van der Waals surface area contributed by atoms with Crippen LogP contribution in [0.25, 0.3) is 0 Å². The lowest BCUT2D eigenvalue weighted by Gasteiger charge is -2.09. The Hall–Kier alpha value is -0.780. The quantitative estimate of drug-likeness (QED) is 0.646. The number of ether oxygens (including phenoxy) is 1. The van der Waals surface area contributed by atoms with Gasteiger partial charge in [0.05, 0.1) is 12.1 Å². The second-order valence-corrected chi connectivity index (χ2v) is 5.17. The number of thioether (sulfide) groups is 1. The predicted molar refractivity (Wildman–Crippen MR) is 72.2 cm³/mol. The van der Waals surface area contributed by atoms with Crippen molar-refractivity contribution in [2.45, 2.75) is 18.2 Å². The molecule has 1 aromatic carbocycles. The van der Waals surface area contributed by atoms with Crippen molar-refractivity contribution in [2.75, 3.05) is 12.9 Å². The Morgan fingerprint density at radius 1 is 1.61 bits per heavy atom. The van der Waals surface area contributed by atoms with Crippen molar-refractivity contribution >= 4 is 29.3 Å². The first-order valence-electron chi connectivity index (χ1n) is 5.40. The van der Waals surface area contributed by atoms with E-state index in [4.69, 9.17) is 17.3 Å². The average molecular weight is 292 g/mol. The second kappa shape index (κ2) is 7.61. The number of hydrogen-bond donors (Lipinski definition) is 1. The van der Waals surface area contributed by atoms with Crippen molar-refractivity contribution in [2.24, 2.45) is 5.73 Å². The highest BCUT2D eigenvalue weighted by atomic mass is 35.5.